The van der Waals surface area contributed by atoms with Crippen molar-refractivity contribution in [2.75, 3.05) is 5.94 Å². The van der Waals surface area contributed by atoms with Crippen LogP contribution >= 0.6 is 46.6 Å². The van der Waals surface area contributed by atoms with Crippen molar-refractivity contribution in [2.24, 2.45) is 10.4 Å². The normalized spacial score (nSPS) is 13.4. The molecular formula is C27H27Cl3N4O3S. The second-order valence-electron chi connectivity index (χ2n) is 9.08. The molecule has 1 unspecified atom stereocenters. The first-order valence-corrected chi connectivity index (χ1v) is 13.6. The number of thioether (sulfide) groups is 1. The van der Waals surface area contributed by atoms with Crippen molar-refractivity contribution < 1.29 is 14.3 Å². The molecule has 1 amide bonds. The molecule has 0 aliphatic rings. The highest BCUT2D eigenvalue weighted by Gasteiger charge is 2.35. The van der Waals surface area contributed by atoms with Crippen molar-refractivity contribution >= 4 is 86.3 Å². The third-order valence-corrected chi connectivity index (χ3v) is 6.31. The minimum atomic E-state index is -1.95. The Morgan fingerprint density at radius 1 is 1.03 bits per heavy atom. The molecular weight excluding hydrogens is 567 g/mol. The van der Waals surface area contributed by atoms with E-state index in [1.165, 1.54) is 6.08 Å². The van der Waals surface area contributed by atoms with Crippen molar-refractivity contribution in [2.45, 2.75) is 30.7 Å². The van der Waals surface area contributed by atoms with E-state index in [4.69, 9.17) is 39.5 Å². The Kier molecular flexibility index (Phi) is 10.4. The van der Waals surface area contributed by atoms with Gasteiger partial charge in [-0.05, 0) is 56.3 Å². The number of esters is 1. The standard InChI is InChI=1S/C27H27Cl3N4O3S/c1-26(2,3)24(36)37-17-38-25(32-20-13-7-11-19-12-8-16-31-22(19)20)34-23(27(28,29)30)33-21(35)15-14-18-9-5-4-6-10-18/h4-16,23H,17H2,1-3H3,(H,32,34)(H,33,35)/b15-14+. The number of amides is 1. The van der Waals surface area contributed by atoms with Crippen molar-refractivity contribution in [1.29, 1.82) is 0 Å². The largest absolute Gasteiger partial charge is 0.454 e. The lowest BCUT2D eigenvalue weighted by Gasteiger charge is -2.27. The first-order chi connectivity index (χ1) is 17.9. The minimum Gasteiger partial charge on any atom is -0.454 e. The van der Waals surface area contributed by atoms with Crippen LogP contribution in [0, 0.1) is 5.41 Å². The van der Waals surface area contributed by atoms with Gasteiger partial charge in [-0.2, -0.15) is 0 Å². The average Bonchev–Trinajstić information content (AvgIpc) is 2.86. The zero-order valence-electron chi connectivity index (χ0n) is 21.0. The molecule has 0 spiro atoms. The van der Waals surface area contributed by atoms with E-state index in [0.29, 0.717) is 11.2 Å². The number of halogens is 3. The highest BCUT2D eigenvalue weighted by molar-refractivity contribution is 8.13. The van der Waals surface area contributed by atoms with Crippen molar-refractivity contribution in [1.82, 2.24) is 15.6 Å². The molecule has 200 valence electrons. The van der Waals surface area contributed by atoms with E-state index in [-0.39, 0.29) is 17.1 Å². The van der Waals surface area contributed by atoms with Gasteiger partial charge in [-0.25, -0.2) is 4.99 Å². The van der Waals surface area contributed by atoms with Gasteiger partial charge in [0.25, 0.3) is 0 Å². The van der Waals surface area contributed by atoms with Gasteiger partial charge < -0.3 is 15.4 Å². The molecule has 2 aromatic carbocycles. The molecule has 0 fully saturated rings. The van der Waals surface area contributed by atoms with Crippen LogP contribution in [0.3, 0.4) is 0 Å². The van der Waals surface area contributed by atoms with Gasteiger partial charge in [0.05, 0.1) is 16.6 Å². The number of hydrogen-bond donors (Lipinski definition) is 2. The number of fused-ring (bicyclic) bond motifs is 1. The van der Waals surface area contributed by atoms with E-state index >= 15 is 0 Å². The predicted octanol–water partition coefficient (Wildman–Crippen LogP) is 6.62. The maximum atomic E-state index is 12.7. The summed E-state index contributed by atoms with van der Waals surface area (Å²) in [7, 11) is 0. The Morgan fingerprint density at radius 2 is 1.74 bits per heavy atom. The predicted molar refractivity (Wildman–Crippen MR) is 158 cm³/mol. The number of aliphatic imine (C=N–C) groups is 1. The topological polar surface area (TPSA) is 92.7 Å². The summed E-state index contributed by atoms with van der Waals surface area (Å²) in [6, 6.07) is 18.6. The lowest BCUT2D eigenvalue weighted by atomic mass is 9.98. The number of nitrogens with zero attached hydrogens (tertiary/aromatic N) is 2. The Morgan fingerprint density at radius 3 is 2.42 bits per heavy atom. The second-order valence-corrected chi connectivity index (χ2v) is 12.4. The lowest BCUT2D eigenvalue weighted by Crippen LogP contribution is -2.54. The fourth-order valence-electron chi connectivity index (χ4n) is 3.00. The van der Waals surface area contributed by atoms with E-state index in [9.17, 15) is 9.59 Å². The van der Waals surface area contributed by atoms with Gasteiger partial charge in [0.2, 0.25) is 9.70 Å². The van der Waals surface area contributed by atoms with Crippen molar-refractivity contribution in [3.63, 3.8) is 0 Å². The molecule has 0 aliphatic heterocycles. The van der Waals surface area contributed by atoms with Gasteiger partial charge in [0, 0.05) is 17.7 Å². The highest BCUT2D eigenvalue weighted by atomic mass is 35.6. The molecule has 7 nitrogen and oxygen atoms in total. The Labute approximate surface area is 241 Å². The maximum absolute atomic E-state index is 12.7. The Balaban J connectivity index is 1.86. The molecule has 1 atom stereocenters. The van der Waals surface area contributed by atoms with Crippen LogP contribution in [0.4, 0.5) is 5.69 Å². The average molecular weight is 594 g/mol. The summed E-state index contributed by atoms with van der Waals surface area (Å²) >= 11 is 19.7. The molecule has 0 radical (unpaired) electrons. The van der Waals surface area contributed by atoms with Crippen LogP contribution in [0.15, 0.2) is 77.9 Å². The summed E-state index contributed by atoms with van der Waals surface area (Å²) in [5.41, 5.74) is 1.35. The number of para-hydroxylation sites is 1. The molecule has 1 aromatic heterocycles. The summed E-state index contributed by atoms with van der Waals surface area (Å²) < 4.78 is 3.44. The van der Waals surface area contributed by atoms with Gasteiger partial charge in [-0.15, -0.1) is 0 Å². The highest BCUT2D eigenvalue weighted by Crippen LogP contribution is 2.31. The molecule has 0 aliphatic carbocycles. The lowest BCUT2D eigenvalue weighted by molar-refractivity contribution is -0.150. The first kappa shape index (κ1) is 29.8. The number of amidine groups is 1. The van der Waals surface area contributed by atoms with Crippen LogP contribution in [0.1, 0.15) is 26.3 Å². The minimum absolute atomic E-state index is 0.0609. The summed E-state index contributed by atoms with van der Waals surface area (Å²) in [5, 5.41) is 6.76. The van der Waals surface area contributed by atoms with Crippen LogP contribution in [0.2, 0.25) is 0 Å². The van der Waals surface area contributed by atoms with E-state index in [0.717, 1.165) is 22.7 Å². The Bertz CT molecular complexity index is 1320. The summed E-state index contributed by atoms with van der Waals surface area (Å²) in [5.74, 6) is -0.935. The molecule has 0 saturated heterocycles. The van der Waals surface area contributed by atoms with Crippen LogP contribution in [0.25, 0.3) is 17.0 Å². The molecule has 3 aromatic rings. The van der Waals surface area contributed by atoms with Gasteiger partial charge in [-0.3, -0.25) is 14.6 Å². The number of rotatable bonds is 7. The molecule has 0 saturated carbocycles. The van der Waals surface area contributed by atoms with Gasteiger partial charge in [-0.1, -0.05) is 83.3 Å². The number of benzene rings is 2. The van der Waals surface area contributed by atoms with E-state index < -0.39 is 21.3 Å². The molecule has 38 heavy (non-hydrogen) atoms. The van der Waals surface area contributed by atoms with Crippen LogP contribution in [-0.4, -0.2) is 37.9 Å². The fourth-order valence-corrected chi connectivity index (χ4v) is 3.97. The van der Waals surface area contributed by atoms with Crippen LogP contribution in [-0.2, 0) is 14.3 Å². The second kappa shape index (κ2) is 13.3. The number of ether oxygens (including phenoxy) is 1. The number of aromatic nitrogens is 1. The summed E-state index contributed by atoms with van der Waals surface area (Å²) in [4.78, 5) is 34.0. The number of hydrogen-bond acceptors (Lipinski definition) is 6. The first-order valence-electron chi connectivity index (χ1n) is 11.5. The zero-order valence-corrected chi connectivity index (χ0v) is 24.0. The van der Waals surface area contributed by atoms with E-state index in [2.05, 4.69) is 20.6 Å². The van der Waals surface area contributed by atoms with Crippen LogP contribution in [0.5, 0.6) is 0 Å². The molecule has 1 heterocycles. The number of nitrogens with one attached hydrogen (secondary N) is 2. The van der Waals surface area contributed by atoms with Gasteiger partial charge in [0.15, 0.2) is 5.17 Å². The van der Waals surface area contributed by atoms with Crippen LogP contribution < -0.4 is 10.6 Å². The SMILES string of the molecule is CC(C)(C)C(=O)OCS/C(=N/c1cccc2cccnc12)NC(NC(=O)/C=C/c1ccccc1)C(Cl)(Cl)Cl. The number of carbonyl (C=O) groups is 2. The fraction of sp³-hybridized carbons (Fsp3) is 0.259. The van der Waals surface area contributed by atoms with E-state index in [1.54, 1.807) is 39.1 Å². The van der Waals surface area contributed by atoms with Gasteiger partial charge >= 0.3 is 5.97 Å². The molecule has 3 rings (SSSR count). The summed E-state index contributed by atoms with van der Waals surface area (Å²) in [6.07, 6.45) is 3.47. The maximum Gasteiger partial charge on any atom is 0.312 e. The summed E-state index contributed by atoms with van der Waals surface area (Å²) in [6.45, 7) is 5.27. The molecule has 2 N–H and O–H groups in total. The van der Waals surface area contributed by atoms with Gasteiger partial charge in [0.1, 0.15) is 12.1 Å². The van der Waals surface area contributed by atoms with E-state index in [1.807, 2.05) is 54.6 Å². The number of pyridine rings is 1. The number of carbonyl (C=O) groups excluding carboxylic acids is 2. The zero-order chi connectivity index (χ0) is 27.8. The molecule has 11 heteroatoms. The monoisotopic (exact) mass is 592 g/mol. The molecule has 0 bridgehead atoms. The quantitative estimate of drug-likeness (QED) is 0.0799. The third kappa shape index (κ3) is 9.20. The van der Waals surface area contributed by atoms with Crippen molar-refractivity contribution in [3.8, 4) is 0 Å². The smallest absolute Gasteiger partial charge is 0.312 e. The third-order valence-electron chi connectivity index (χ3n) is 4.94. The van der Waals surface area contributed by atoms with Crippen molar-refractivity contribution in [3.05, 3.63) is 78.5 Å². The Hall–Kier alpha value is -2.78. The number of alkyl halides is 3.